The van der Waals surface area contributed by atoms with E-state index in [1.165, 1.54) is 0 Å². The molecule has 0 aromatic heterocycles. The van der Waals surface area contributed by atoms with Crippen LogP contribution in [-0.2, 0) is 19.6 Å². The lowest BCUT2D eigenvalue weighted by molar-refractivity contribution is -0.149. The summed E-state index contributed by atoms with van der Waals surface area (Å²) in [4.78, 5) is 9.63. The quantitative estimate of drug-likeness (QED) is 0.492. The van der Waals surface area contributed by atoms with E-state index in [0.29, 0.717) is 12.1 Å². The summed E-state index contributed by atoms with van der Waals surface area (Å²) in [6.45, 7) is -0.793. The summed E-state index contributed by atoms with van der Waals surface area (Å²) in [7, 11) is -3.61. The number of esters is 1. The van der Waals surface area contributed by atoms with E-state index in [9.17, 15) is 27.1 Å². The lowest BCUT2D eigenvalue weighted by atomic mass is 10.3. The number of nitrogens with two attached hydrogens (primary N) is 1. The molecule has 0 amide bonds. The van der Waals surface area contributed by atoms with Crippen LogP contribution in [0, 0.1) is 11.6 Å². The molecule has 4 N–H and O–H groups in total. The number of nitrogens with one attached hydrogen (secondary N) is 1. The zero-order chi connectivity index (χ0) is 15.5. The summed E-state index contributed by atoms with van der Waals surface area (Å²) in [5.41, 5.74) is 4.87. The predicted octanol–water partition coefficient (Wildman–Crippen LogP) is -0.641. The first kappa shape index (κ1) is 16.3. The van der Waals surface area contributed by atoms with Crippen LogP contribution in [0.2, 0.25) is 0 Å². The second-order valence-electron chi connectivity index (χ2n) is 3.70. The second kappa shape index (κ2) is 6.11. The Labute approximate surface area is 113 Å². The number of ether oxygens (including phenoxy) is 1. The van der Waals surface area contributed by atoms with E-state index in [1.54, 1.807) is 4.72 Å². The van der Waals surface area contributed by atoms with Crippen LogP contribution in [0.5, 0.6) is 0 Å². The molecule has 1 rings (SSSR count). The fourth-order valence-electron chi connectivity index (χ4n) is 1.32. The van der Waals surface area contributed by atoms with Gasteiger partial charge in [-0.05, 0) is 12.1 Å². The third-order valence-corrected chi connectivity index (χ3v) is 3.70. The van der Waals surface area contributed by atoms with Crippen LogP contribution in [0.1, 0.15) is 0 Å². The van der Waals surface area contributed by atoms with E-state index in [2.05, 4.69) is 4.74 Å². The first-order chi connectivity index (χ1) is 9.19. The molecule has 0 spiro atoms. The molecule has 0 fully saturated rings. The van der Waals surface area contributed by atoms with Crippen molar-refractivity contribution in [2.75, 3.05) is 19.4 Å². The zero-order valence-corrected chi connectivity index (χ0v) is 11.1. The summed E-state index contributed by atoms with van der Waals surface area (Å²) >= 11 is 0. The molecule has 112 valence electrons. The fraction of sp³-hybridized carbons (Fsp3) is 0.300. The summed E-state index contributed by atoms with van der Waals surface area (Å²) in [5.74, 6) is -3.86. The number of anilines is 1. The van der Waals surface area contributed by atoms with Crippen molar-refractivity contribution >= 4 is 21.7 Å². The molecule has 0 radical (unpaired) electrons. The summed E-state index contributed by atoms with van der Waals surface area (Å²) < 4.78 is 56.2. The largest absolute Gasteiger partial charge is 0.467 e. The fourth-order valence-corrected chi connectivity index (χ4v) is 2.47. The van der Waals surface area contributed by atoms with Gasteiger partial charge in [0.15, 0.2) is 11.0 Å². The number of carbonyl (C=O) groups excluding carboxylic acids is 1. The van der Waals surface area contributed by atoms with Gasteiger partial charge >= 0.3 is 5.97 Å². The van der Waals surface area contributed by atoms with Gasteiger partial charge in [0.25, 0.3) is 0 Å². The maximum atomic E-state index is 13.5. The van der Waals surface area contributed by atoms with E-state index in [0.717, 1.165) is 7.11 Å². The predicted molar refractivity (Wildman–Crippen MR) is 64.0 cm³/mol. The topological polar surface area (TPSA) is 119 Å². The molecule has 7 nitrogen and oxygen atoms in total. The lowest BCUT2D eigenvalue weighted by Crippen LogP contribution is -2.37. The molecule has 0 aliphatic rings. The van der Waals surface area contributed by atoms with Gasteiger partial charge in [0, 0.05) is 12.2 Å². The van der Waals surface area contributed by atoms with Crippen molar-refractivity contribution in [2.24, 2.45) is 0 Å². The van der Waals surface area contributed by atoms with Crippen molar-refractivity contribution in [3.8, 4) is 0 Å². The average molecular weight is 310 g/mol. The third kappa shape index (κ3) is 3.62. The Morgan fingerprint density at radius 3 is 2.40 bits per heavy atom. The van der Waals surface area contributed by atoms with Crippen molar-refractivity contribution in [3.63, 3.8) is 0 Å². The van der Waals surface area contributed by atoms with Gasteiger partial charge in [0.1, 0.15) is 11.6 Å². The minimum atomic E-state index is -4.60. The van der Waals surface area contributed by atoms with Gasteiger partial charge in [-0.2, -0.15) is 0 Å². The number of sulfonamides is 1. The SMILES string of the molecule is COC(=O)C(O)CNS(=O)(=O)c1c(F)cc(N)cc1F. The van der Waals surface area contributed by atoms with Crippen LogP contribution in [0.15, 0.2) is 17.0 Å². The third-order valence-electron chi connectivity index (χ3n) is 2.23. The minimum Gasteiger partial charge on any atom is -0.467 e. The highest BCUT2D eigenvalue weighted by atomic mass is 32.2. The van der Waals surface area contributed by atoms with Crippen LogP contribution in [-0.4, -0.2) is 39.3 Å². The van der Waals surface area contributed by atoms with Gasteiger partial charge in [-0.25, -0.2) is 26.7 Å². The minimum absolute atomic E-state index is 0.284. The van der Waals surface area contributed by atoms with Crippen LogP contribution in [0.4, 0.5) is 14.5 Å². The Hall–Kier alpha value is -1.78. The van der Waals surface area contributed by atoms with Crippen LogP contribution in [0.3, 0.4) is 0 Å². The van der Waals surface area contributed by atoms with E-state index >= 15 is 0 Å². The molecule has 20 heavy (non-hydrogen) atoms. The molecule has 1 atom stereocenters. The first-order valence-electron chi connectivity index (χ1n) is 5.19. The summed E-state index contributed by atoms with van der Waals surface area (Å²) in [6.07, 6.45) is -1.80. The molecule has 0 bridgehead atoms. The molecule has 0 aliphatic carbocycles. The molecule has 0 saturated carbocycles. The van der Waals surface area contributed by atoms with E-state index in [-0.39, 0.29) is 5.69 Å². The molecule has 1 aromatic carbocycles. The monoisotopic (exact) mass is 310 g/mol. The molecule has 10 heteroatoms. The van der Waals surface area contributed by atoms with Gasteiger partial charge in [-0.3, -0.25) is 0 Å². The highest BCUT2D eigenvalue weighted by Crippen LogP contribution is 2.21. The Morgan fingerprint density at radius 2 is 1.95 bits per heavy atom. The normalized spacial score (nSPS) is 13.0. The lowest BCUT2D eigenvalue weighted by Gasteiger charge is -2.11. The van der Waals surface area contributed by atoms with Crippen molar-refractivity contribution in [1.82, 2.24) is 4.72 Å². The van der Waals surface area contributed by atoms with Crippen LogP contribution in [0.25, 0.3) is 0 Å². The highest BCUT2D eigenvalue weighted by Gasteiger charge is 2.26. The van der Waals surface area contributed by atoms with E-state index in [1.807, 2.05) is 0 Å². The molecule has 1 aromatic rings. The van der Waals surface area contributed by atoms with Crippen molar-refractivity contribution in [3.05, 3.63) is 23.8 Å². The van der Waals surface area contributed by atoms with Crippen LogP contribution >= 0.6 is 0 Å². The smallest absolute Gasteiger partial charge is 0.336 e. The number of carbonyl (C=O) groups is 1. The van der Waals surface area contributed by atoms with Crippen molar-refractivity contribution in [1.29, 1.82) is 0 Å². The molecule has 0 aliphatic heterocycles. The van der Waals surface area contributed by atoms with Gasteiger partial charge in [0.05, 0.1) is 7.11 Å². The number of nitrogen functional groups attached to an aromatic ring is 1. The number of hydrogen-bond acceptors (Lipinski definition) is 6. The van der Waals surface area contributed by atoms with Crippen LogP contribution < -0.4 is 10.5 Å². The maximum absolute atomic E-state index is 13.5. The number of benzene rings is 1. The Bertz CT molecular complexity index is 597. The number of rotatable bonds is 5. The Balaban J connectivity index is 2.98. The number of aliphatic hydroxyl groups excluding tert-OH is 1. The number of aliphatic hydroxyl groups is 1. The molecule has 0 heterocycles. The van der Waals surface area contributed by atoms with Gasteiger partial charge in [-0.15, -0.1) is 0 Å². The van der Waals surface area contributed by atoms with Crippen molar-refractivity contribution in [2.45, 2.75) is 11.0 Å². The average Bonchev–Trinajstić information content (AvgIpc) is 2.33. The second-order valence-corrected chi connectivity index (χ2v) is 5.41. The Morgan fingerprint density at radius 1 is 1.45 bits per heavy atom. The molecular formula is C10H12F2N2O5S. The standard InChI is InChI=1S/C10H12F2N2O5S/c1-19-10(16)8(15)4-14-20(17,18)9-6(11)2-5(13)3-7(9)12/h2-3,8,14-15H,4,13H2,1H3. The number of methoxy groups -OCH3 is 1. The van der Waals surface area contributed by atoms with Gasteiger partial charge < -0.3 is 15.6 Å². The van der Waals surface area contributed by atoms with Gasteiger partial charge in [-0.1, -0.05) is 0 Å². The summed E-state index contributed by atoms with van der Waals surface area (Å²) in [6, 6.07) is 1.27. The maximum Gasteiger partial charge on any atom is 0.336 e. The molecule has 0 saturated heterocycles. The van der Waals surface area contributed by atoms with E-state index in [4.69, 9.17) is 5.73 Å². The number of halogens is 2. The van der Waals surface area contributed by atoms with Gasteiger partial charge in [0.2, 0.25) is 10.0 Å². The highest BCUT2D eigenvalue weighted by molar-refractivity contribution is 7.89. The number of hydrogen-bond donors (Lipinski definition) is 3. The zero-order valence-electron chi connectivity index (χ0n) is 10.3. The molecular weight excluding hydrogens is 298 g/mol. The first-order valence-corrected chi connectivity index (χ1v) is 6.67. The summed E-state index contributed by atoms with van der Waals surface area (Å²) in [5, 5.41) is 9.20. The Kier molecular flexibility index (Phi) is 4.98. The molecule has 1 unspecified atom stereocenters. The van der Waals surface area contributed by atoms with E-state index < -0.39 is 45.2 Å². The van der Waals surface area contributed by atoms with Crippen molar-refractivity contribution < 1.29 is 31.8 Å².